The molecule has 1 N–H and O–H groups in total. The lowest BCUT2D eigenvalue weighted by Gasteiger charge is -2.36. The molecular formula is C23H23N5O3S. The summed E-state index contributed by atoms with van der Waals surface area (Å²) in [6, 6.07) is 17.2. The summed E-state index contributed by atoms with van der Waals surface area (Å²) in [4.78, 5) is 28.7. The molecule has 4 aromatic rings. The Morgan fingerprint density at radius 1 is 1.03 bits per heavy atom. The minimum atomic E-state index is -0.157. The van der Waals surface area contributed by atoms with Crippen LogP contribution in [0.4, 0.5) is 11.6 Å². The molecule has 1 aliphatic heterocycles. The van der Waals surface area contributed by atoms with E-state index in [1.807, 2.05) is 42.5 Å². The number of nitrogens with zero attached hydrogens (tertiary/aromatic N) is 4. The number of para-hydroxylation sites is 4. The van der Waals surface area contributed by atoms with Crippen LogP contribution in [-0.2, 0) is 5.75 Å². The van der Waals surface area contributed by atoms with Gasteiger partial charge in [0, 0.05) is 38.0 Å². The topological polar surface area (TPSA) is 87.5 Å². The average Bonchev–Trinajstić information content (AvgIpc) is 3.26. The fraction of sp³-hybridized carbons (Fsp3) is 0.261. The molecule has 8 nitrogen and oxygen atoms in total. The third kappa shape index (κ3) is 4.29. The Morgan fingerprint density at radius 2 is 1.78 bits per heavy atom. The van der Waals surface area contributed by atoms with Crippen molar-refractivity contribution in [2.24, 2.45) is 0 Å². The number of nitrogens with one attached hydrogen (secondary N) is 1. The highest BCUT2D eigenvalue weighted by Crippen LogP contribution is 2.29. The number of piperazine rings is 1. The first kappa shape index (κ1) is 20.4. The summed E-state index contributed by atoms with van der Waals surface area (Å²) in [5.74, 6) is 1.97. The molecule has 0 bridgehead atoms. The smallest absolute Gasteiger partial charge is 0.257 e. The highest BCUT2D eigenvalue weighted by molar-refractivity contribution is 7.98. The van der Waals surface area contributed by atoms with Gasteiger partial charge in [0.1, 0.15) is 11.3 Å². The Labute approximate surface area is 189 Å². The molecule has 0 atom stereocenters. The maximum absolute atomic E-state index is 12.3. The van der Waals surface area contributed by atoms with E-state index >= 15 is 0 Å². The number of methoxy groups -OCH3 is 1. The van der Waals surface area contributed by atoms with Crippen LogP contribution in [0.2, 0.25) is 0 Å². The van der Waals surface area contributed by atoms with Gasteiger partial charge in [0.2, 0.25) is 5.95 Å². The third-order valence-electron chi connectivity index (χ3n) is 5.41. The summed E-state index contributed by atoms with van der Waals surface area (Å²) in [5.41, 5.74) is 3.20. The molecule has 2 aromatic carbocycles. The molecule has 2 aromatic heterocycles. The van der Waals surface area contributed by atoms with Crippen LogP contribution in [0.1, 0.15) is 5.69 Å². The first-order valence-electron chi connectivity index (χ1n) is 10.4. The van der Waals surface area contributed by atoms with Gasteiger partial charge in [-0.1, -0.05) is 36.0 Å². The maximum Gasteiger partial charge on any atom is 0.257 e. The Bertz CT molecular complexity index is 1250. The number of aromatic amines is 1. The van der Waals surface area contributed by atoms with Crippen LogP contribution in [0.25, 0.3) is 11.1 Å². The van der Waals surface area contributed by atoms with E-state index in [4.69, 9.17) is 14.1 Å². The van der Waals surface area contributed by atoms with Gasteiger partial charge in [-0.2, -0.15) is 0 Å². The quantitative estimate of drug-likeness (QED) is 0.447. The lowest BCUT2D eigenvalue weighted by molar-refractivity contribution is 0.413. The summed E-state index contributed by atoms with van der Waals surface area (Å²) in [7, 11) is 1.69. The fourth-order valence-corrected chi connectivity index (χ4v) is 4.55. The van der Waals surface area contributed by atoms with E-state index in [1.54, 1.807) is 7.11 Å². The minimum Gasteiger partial charge on any atom is -0.495 e. The number of rotatable bonds is 6. The van der Waals surface area contributed by atoms with Gasteiger partial charge in [-0.15, -0.1) is 0 Å². The predicted molar refractivity (Wildman–Crippen MR) is 126 cm³/mol. The molecule has 32 heavy (non-hydrogen) atoms. The van der Waals surface area contributed by atoms with Gasteiger partial charge in [0.25, 0.3) is 10.8 Å². The van der Waals surface area contributed by atoms with Gasteiger partial charge in [-0.3, -0.25) is 9.78 Å². The van der Waals surface area contributed by atoms with Crippen molar-refractivity contribution < 1.29 is 9.15 Å². The van der Waals surface area contributed by atoms with Gasteiger partial charge in [-0.25, -0.2) is 9.97 Å². The summed E-state index contributed by atoms with van der Waals surface area (Å²) in [6.07, 6.45) is 0. The van der Waals surface area contributed by atoms with Gasteiger partial charge < -0.3 is 19.0 Å². The molecule has 1 saturated heterocycles. The van der Waals surface area contributed by atoms with E-state index in [0.29, 0.717) is 22.6 Å². The third-order valence-corrected chi connectivity index (χ3v) is 6.27. The molecule has 1 fully saturated rings. The second-order valence-electron chi connectivity index (χ2n) is 7.44. The number of H-pyrrole nitrogens is 1. The van der Waals surface area contributed by atoms with Crippen LogP contribution in [-0.4, -0.2) is 48.2 Å². The Morgan fingerprint density at radius 3 is 2.59 bits per heavy atom. The van der Waals surface area contributed by atoms with Crippen molar-refractivity contribution in [2.75, 3.05) is 43.1 Å². The zero-order valence-electron chi connectivity index (χ0n) is 17.7. The SMILES string of the molecule is COc1ccccc1N1CCN(c2nc(CSc3nc4ccccc4o3)cc(=O)[nH]2)CC1. The number of hydrogen-bond acceptors (Lipinski definition) is 8. The van der Waals surface area contributed by atoms with E-state index in [0.717, 1.165) is 48.7 Å². The van der Waals surface area contributed by atoms with E-state index in [9.17, 15) is 4.79 Å². The van der Waals surface area contributed by atoms with E-state index < -0.39 is 0 Å². The van der Waals surface area contributed by atoms with Crippen LogP contribution in [0.3, 0.4) is 0 Å². The number of ether oxygens (including phenoxy) is 1. The van der Waals surface area contributed by atoms with Crippen LogP contribution in [0.15, 0.2) is 69.0 Å². The Hall–Kier alpha value is -3.46. The number of fused-ring (bicyclic) bond motifs is 1. The predicted octanol–water partition coefficient (Wildman–Crippen LogP) is 3.54. The fourth-order valence-electron chi connectivity index (χ4n) is 3.82. The number of thioether (sulfide) groups is 1. The monoisotopic (exact) mass is 449 g/mol. The molecule has 0 unspecified atom stereocenters. The summed E-state index contributed by atoms with van der Waals surface area (Å²) in [6.45, 7) is 3.13. The lowest BCUT2D eigenvalue weighted by Crippen LogP contribution is -2.47. The van der Waals surface area contributed by atoms with Crippen molar-refractivity contribution in [2.45, 2.75) is 11.0 Å². The number of aromatic nitrogens is 3. The van der Waals surface area contributed by atoms with Crippen molar-refractivity contribution in [3.8, 4) is 5.75 Å². The second kappa shape index (κ2) is 8.96. The number of benzene rings is 2. The van der Waals surface area contributed by atoms with Crippen molar-refractivity contribution in [3.05, 3.63) is 70.6 Å². The van der Waals surface area contributed by atoms with Gasteiger partial charge in [0.15, 0.2) is 5.58 Å². The van der Waals surface area contributed by atoms with E-state index in [1.165, 1.54) is 17.8 Å². The molecule has 0 aliphatic carbocycles. The second-order valence-corrected chi connectivity index (χ2v) is 8.37. The van der Waals surface area contributed by atoms with Crippen molar-refractivity contribution in [1.29, 1.82) is 0 Å². The van der Waals surface area contributed by atoms with Crippen molar-refractivity contribution >= 4 is 34.5 Å². The van der Waals surface area contributed by atoms with Crippen LogP contribution in [0, 0.1) is 0 Å². The molecule has 1 aliphatic rings. The normalized spacial score (nSPS) is 14.2. The standard InChI is InChI=1S/C23H23N5O3S/c1-30-20-9-5-3-7-18(20)27-10-12-28(13-11-27)22-24-16(14-21(29)26-22)15-32-23-25-17-6-2-4-8-19(17)31-23/h2-9,14H,10-13,15H2,1H3,(H,24,26,29). The summed E-state index contributed by atoms with van der Waals surface area (Å²) < 4.78 is 11.2. The van der Waals surface area contributed by atoms with Gasteiger partial charge >= 0.3 is 0 Å². The average molecular weight is 450 g/mol. The van der Waals surface area contributed by atoms with Gasteiger partial charge in [-0.05, 0) is 24.3 Å². The maximum atomic E-state index is 12.3. The number of anilines is 2. The number of oxazole rings is 1. The van der Waals surface area contributed by atoms with Crippen LogP contribution in [0.5, 0.6) is 5.75 Å². The number of hydrogen-bond donors (Lipinski definition) is 1. The molecular weight excluding hydrogens is 426 g/mol. The van der Waals surface area contributed by atoms with Crippen LogP contribution >= 0.6 is 11.8 Å². The molecule has 0 spiro atoms. The first-order valence-corrected chi connectivity index (χ1v) is 11.4. The van der Waals surface area contributed by atoms with Crippen molar-refractivity contribution in [1.82, 2.24) is 15.0 Å². The molecule has 164 valence electrons. The highest BCUT2D eigenvalue weighted by Gasteiger charge is 2.21. The molecule has 0 amide bonds. The molecule has 9 heteroatoms. The van der Waals surface area contributed by atoms with Crippen LogP contribution < -0.4 is 20.1 Å². The Balaban J connectivity index is 1.26. The lowest BCUT2D eigenvalue weighted by atomic mass is 10.2. The molecule has 5 rings (SSSR count). The zero-order chi connectivity index (χ0) is 21.9. The van der Waals surface area contributed by atoms with Crippen molar-refractivity contribution in [3.63, 3.8) is 0 Å². The molecule has 0 radical (unpaired) electrons. The minimum absolute atomic E-state index is 0.157. The molecule has 0 saturated carbocycles. The van der Waals surface area contributed by atoms with Gasteiger partial charge in [0.05, 0.1) is 18.5 Å². The Kier molecular flexibility index (Phi) is 5.72. The largest absolute Gasteiger partial charge is 0.495 e. The first-order chi connectivity index (χ1) is 15.7. The van der Waals surface area contributed by atoms with E-state index in [-0.39, 0.29) is 5.56 Å². The summed E-state index contributed by atoms with van der Waals surface area (Å²) in [5, 5.41) is 0.570. The summed E-state index contributed by atoms with van der Waals surface area (Å²) >= 11 is 1.43. The van der Waals surface area contributed by atoms with E-state index in [2.05, 4.69) is 25.8 Å². The highest BCUT2D eigenvalue weighted by atomic mass is 32.2. The zero-order valence-corrected chi connectivity index (χ0v) is 18.5. The molecule has 3 heterocycles.